The highest BCUT2D eigenvalue weighted by Crippen LogP contribution is 2.37. The Morgan fingerprint density at radius 1 is 1.03 bits per heavy atom. The minimum absolute atomic E-state index is 0.418. The van der Waals surface area contributed by atoms with E-state index in [2.05, 4.69) is 20.8 Å². The Bertz CT molecular complexity index is 1250. The first-order chi connectivity index (χ1) is 16.6. The molecular weight excluding hydrogens is 450 g/mol. The zero-order valence-electron chi connectivity index (χ0n) is 18.9. The second-order valence-corrected chi connectivity index (χ2v) is 8.60. The third kappa shape index (κ3) is 5.37. The summed E-state index contributed by atoms with van der Waals surface area (Å²) in [5.41, 5.74) is 2.65. The number of furan rings is 1. The molecule has 0 fully saturated rings. The molecule has 0 aliphatic heterocycles. The molecule has 3 amide bonds. The Kier molecular flexibility index (Phi) is 7.44. The normalized spacial score (nSPS) is 11.7. The first kappa shape index (κ1) is 23.3. The van der Waals surface area contributed by atoms with Gasteiger partial charge in [-0.2, -0.15) is 0 Å². The van der Waals surface area contributed by atoms with Gasteiger partial charge in [-0.15, -0.1) is 10.2 Å². The first-order valence-corrected chi connectivity index (χ1v) is 11.8. The van der Waals surface area contributed by atoms with Gasteiger partial charge in [0.25, 0.3) is 0 Å². The topological polar surface area (TPSA) is 102 Å². The van der Waals surface area contributed by atoms with Crippen LogP contribution in [0.4, 0.5) is 4.79 Å². The van der Waals surface area contributed by atoms with Crippen LogP contribution in [0.1, 0.15) is 29.1 Å². The van der Waals surface area contributed by atoms with Gasteiger partial charge in [0.15, 0.2) is 11.0 Å². The fourth-order valence-corrected chi connectivity index (χ4v) is 4.53. The third-order valence-electron chi connectivity index (χ3n) is 5.14. The number of carbonyl (C=O) groups excluding carboxylic acids is 2. The molecule has 1 atom stereocenters. The highest BCUT2D eigenvalue weighted by atomic mass is 32.2. The average molecular weight is 476 g/mol. The minimum Gasteiger partial charge on any atom is -0.469 e. The van der Waals surface area contributed by atoms with Crippen molar-refractivity contribution in [2.24, 2.45) is 0 Å². The van der Waals surface area contributed by atoms with E-state index in [1.54, 1.807) is 13.2 Å². The Morgan fingerprint density at radius 2 is 1.74 bits per heavy atom. The molecule has 4 aromatic rings. The molecule has 0 spiro atoms. The van der Waals surface area contributed by atoms with Crippen LogP contribution in [0.25, 0.3) is 11.4 Å². The average Bonchev–Trinajstić information content (AvgIpc) is 3.44. The summed E-state index contributed by atoms with van der Waals surface area (Å²) in [5, 5.41) is 13.7. The van der Waals surface area contributed by atoms with Crippen LogP contribution in [0.15, 0.2) is 82.6 Å². The Labute approximate surface area is 201 Å². The van der Waals surface area contributed by atoms with Crippen LogP contribution in [-0.2, 0) is 11.3 Å². The molecule has 9 heteroatoms. The number of amides is 3. The van der Waals surface area contributed by atoms with Crippen LogP contribution in [0.5, 0.6) is 0 Å². The van der Waals surface area contributed by atoms with Crippen molar-refractivity contribution in [2.75, 3.05) is 6.54 Å². The second kappa shape index (κ2) is 10.8. The summed E-state index contributed by atoms with van der Waals surface area (Å²) in [6.45, 7) is 4.59. The van der Waals surface area contributed by atoms with Crippen molar-refractivity contribution in [3.05, 3.63) is 89.9 Å². The van der Waals surface area contributed by atoms with Crippen molar-refractivity contribution in [3.8, 4) is 11.4 Å². The number of aromatic nitrogens is 3. The molecule has 0 aliphatic rings. The summed E-state index contributed by atoms with van der Waals surface area (Å²) in [6.07, 6.45) is 1.62. The molecule has 34 heavy (non-hydrogen) atoms. The van der Waals surface area contributed by atoms with Crippen molar-refractivity contribution in [2.45, 2.75) is 30.8 Å². The van der Waals surface area contributed by atoms with Gasteiger partial charge in [-0.1, -0.05) is 72.4 Å². The lowest BCUT2D eigenvalue weighted by Gasteiger charge is -2.17. The summed E-state index contributed by atoms with van der Waals surface area (Å²) >= 11 is 1.25. The number of hydrogen-bond acceptors (Lipinski definition) is 6. The van der Waals surface area contributed by atoms with Gasteiger partial charge in [0.05, 0.1) is 18.4 Å². The number of urea groups is 1. The maximum atomic E-state index is 13.1. The van der Waals surface area contributed by atoms with Gasteiger partial charge in [0.1, 0.15) is 11.0 Å². The van der Waals surface area contributed by atoms with Crippen molar-refractivity contribution in [1.82, 2.24) is 25.4 Å². The van der Waals surface area contributed by atoms with E-state index in [1.807, 2.05) is 78.2 Å². The number of rotatable bonds is 8. The number of hydrogen-bond donors (Lipinski definition) is 2. The molecule has 2 N–H and O–H groups in total. The van der Waals surface area contributed by atoms with E-state index in [4.69, 9.17) is 4.42 Å². The van der Waals surface area contributed by atoms with Crippen LogP contribution < -0.4 is 10.6 Å². The van der Waals surface area contributed by atoms with E-state index in [0.717, 1.165) is 22.5 Å². The SMILES string of the molecule is CCNC(=O)NC(=O)[C@@H](Sc1nnc(-c2ccoc2C)n1Cc1ccccc1)c1ccccc1. The third-order valence-corrected chi connectivity index (χ3v) is 6.37. The van der Waals surface area contributed by atoms with E-state index in [1.165, 1.54) is 11.8 Å². The highest BCUT2D eigenvalue weighted by molar-refractivity contribution is 8.00. The smallest absolute Gasteiger partial charge is 0.321 e. The molecule has 0 radical (unpaired) electrons. The fourth-order valence-electron chi connectivity index (χ4n) is 3.49. The zero-order chi connectivity index (χ0) is 23.9. The van der Waals surface area contributed by atoms with E-state index in [0.29, 0.717) is 24.1 Å². The van der Waals surface area contributed by atoms with Gasteiger partial charge in [0, 0.05) is 6.54 Å². The molecule has 0 bridgehead atoms. The van der Waals surface area contributed by atoms with Gasteiger partial charge in [-0.05, 0) is 31.0 Å². The Morgan fingerprint density at radius 3 is 2.38 bits per heavy atom. The number of nitrogens with one attached hydrogen (secondary N) is 2. The van der Waals surface area contributed by atoms with Gasteiger partial charge in [0.2, 0.25) is 5.91 Å². The molecule has 2 heterocycles. The van der Waals surface area contributed by atoms with Crippen molar-refractivity contribution >= 4 is 23.7 Å². The van der Waals surface area contributed by atoms with Crippen LogP contribution in [0.2, 0.25) is 0 Å². The number of imide groups is 1. The molecule has 0 aliphatic carbocycles. The first-order valence-electron chi connectivity index (χ1n) is 10.9. The molecule has 0 unspecified atom stereocenters. The molecule has 0 saturated carbocycles. The zero-order valence-corrected chi connectivity index (χ0v) is 19.7. The monoisotopic (exact) mass is 475 g/mol. The van der Waals surface area contributed by atoms with Crippen molar-refractivity contribution in [3.63, 3.8) is 0 Å². The lowest BCUT2D eigenvalue weighted by Crippen LogP contribution is -2.41. The van der Waals surface area contributed by atoms with Gasteiger partial charge in [-0.3, -0.25) is 14.7 Å². The number of aryl methyl sites for hydroxylation is 1. The quantitative estimate of drug-likeness (QED) is 0.362. The van der Waals surface area contributed by atoms with Gasteiger partial charge >= 0.3 is 6.03 Å². The van der Waals surface area contributed by atoms with Crippen LogP contribution in [-0.4, -0.2) is 33.2 Å². The molecule has 2 aromatic carbocycles. The van der Waals surface area contributed by atoms with Crippen molar-refractivity contribution < 1.29 is 14.0 Å². The van der Waals surface area contributed by atoms with Crippen molar-refractivity contribution in [1.29, 1.82) is 0 Å². The standard InChI is InChI=1S/C25H25N5O3S/c1-3-26-24(32)27-23(31)21(19-12-8-5-9-13-19)34-25-29-28-22(20-14-15-33-17(20)2)30(25)16-18-10-6-4-7-11-18/h4-15,21H,3,16H2,1-2H3,(H2,26,27,31,32)/t21-/m0/s1. The molecule has 0 saturated heterocycles. The number of thioether (sulfide) groups is 1. The van der Waals surface area contributed by atoms with Crippen LogP contribution >= 0.6 is 11.8 Å². The lowest BCUT2D eigenvalue weighted by atomic mass is 10.1. The maximum absolute atomic E-state index is 13.1. The van der Waals surface area contributed by atoms with Gasteiger partial charge in [-0.25, -0.2) is 4.79 Å². The van der Waals surface area contributed by atoms with Crippen LogP contribution in [0, 0.1) is 6.92 Å². The predicted octanol–water partition coefficient (Wildman–Crippen LogP) is 4.57. The predicted molar refractivity (Wildman–Crippen MR) is 130 cm³/mol. The second-order valence-electron chi connectivity index (χ2n) is 7.53. The Hall–Kier alpha value is -3.85. The minimum atomic E-state index is -0.708. The molecule has 2 aromatic heterocycles. The highest BCUT2D eigenvalue weighted by Gasteiger charge is 2.27. The van der Waals surface area contributed by atoms with E-state index in [-0.39, 0.29) is 0 Å². The van der Waals surface area contributed by atoms with Gasteiger partial charge < -0.3 is 9.73 Å². The summed E-state index contributed by atoms with van der Waals surface area (Å²) in [4.78, 5) is 25.2. The molecular formula is C25H25N5O3S. The molecule has 4 rings (SSSR count). The summed E-state index contributed by atoms with van der Waals surface area (Å²) in [7, 11) is 0. The summed E-state index contributed by atoms with van der Waals surface area (Å²) in [6, 6.07) is 20.6. The summed E-state index contributed by atoms with van der Waals surface area (Å²) in [5.74, 6) is 0.942. The maximum Gasteiger partial charge on any atom is 0.321 e. The van der Waals surface area contributed by atoms with E-state index < -0.39 is 17.2 Å². The number of benzene rings is 2. The molecule has 174 valence electrons. The molecule has 8 nitrogen and oxygen atoms in total. The summed E-state index contributed by atoms with van der Waals surface area (Å²) < 4.78 is 7.46. The fraction of sp³-hybridized carbons (Fsp3) is 0.200. The number of nitrogens with zero attached hydrogens (tertiary/aromatic N) is 3. The number of carbonyl (C=O) groups is 2. The van der Waals surface area contributed by atoms with Crippen LogP contribution in [0.3, 0.4) is 0 Å². The largest absolute Gasteiger partial charge is 0.469 e. The van der Waals surface area contributed by atoms with E-state index >= 15 is 0 Å². The lowest BCUT2D eigenvalue weighted by molar-refractivity contribution is -0.119. The Balaban J connectivity index is 1.72. The van der Waals surface area contributed by atoms with E-state index in [9.17, 15) is 9.59 Å².